The molecule has 1 amide bonds. The number of fused-ring (bicyclic) bond motifs is 1. The highest BCUT2D eigenvalue weighted by molar-refractivity contribution is 5.83. The SMILES string of the molecule is CCCN1CCC[C@@]2(C(=O)NCCn3c(C)cc(C)nc3=O)CCN(C)C[C@H]12. The van der Waals surface area contributed by atoms with Crippen LogP contribution in [0.25, 0.3) is 0 Å². The van der Waals surface area contributed by atoms with Crippen LogP contribution in [-0.4, -0.2) is 71.1 Å². The van der Waals surface area contributed by atoms with E-state index in [0.717, 1.165) is 63.3 Å². The fourth-order valence-corrected chi connectivity index (χ4v) is 5.07. The summed E-state index contributed by atoms with van der Waals surface area (Å²) in [6.07, 6.45) is 4.06. The first kappa shape index (κ1) is 21.0. The van der Waals surface area contributed by atoms with Crippen molar-refractivity contribution < 1.29 is 4.79 Å². The van der Waals surface area contributed by atoms with Gasteiger partial charge in [-0.25, -0.2) is 4.79 Å². The zero-order valence-corrected chi connectivity index (χ0v) is 17.8. The molecule has 1 aromatic rings. The van der Waals surface area contributed by atoms with Crippen molar-refractivity contribution in [3.8, 4) is 0 Å². The average molecular weight is 390 g/mol. The van der Waals surface area contributed by atoms with Crippen LogP contribution in [0.1, 0.15) is 44.0 Å². The third-order valence-electron chi connectivity index (χ3n) is 6.50. The number of hydrogen-bond acceptors (Lipinski definition) is 5. The molecular formula is C21H35N5O2. The van der Waals surface area contributed by atoms with Crippen molar-refractivity contribution in [2.45, 2.75) is 59.0 Å². The lowest BCUT2D eigenvalue weighted by atomic mass is 9.67. The number of likely N-dealkylation sites (N-methyl/N-ethyl adjacent to an activating group) is 1. The Kier molecular flexibility index (Phi) is 6.55. The van der Waals surface area contributed by atoms with Crippen molar-refractivity contribution in [2.75, 3.05) is 39.8 Å². The van der Waals surface area contributed by atoms with E-state index in [1.807, 2.05) is 19.9 Å². The van der Waals surface area contributed by atoms with E-state index < -0.39 is 0 Å². The van der Waals surface area contributed by atoms with Gasteiger partial charge in [0.25, 0.3) is 0 Å². The summed E-state index contributed by atoms with van der Waals surface area (Å²) >= 11 is 0. The second-order valence-electron chi connectivity index (χ2n) is 8.55. The summed E-state index contributed by atoms with van der Waals surface area (Å²) in [5.74, 6) is 0.164. The predicted octanol–water partition coefficient (Wildman–Crippen LogP) is 1.17. The molecule has 0 radical (unpaired) electrons. The molecule has 156 valence electrons. The topological polar surface area (TPSA) is 70.5 Å². The molecule has 1 N–H and O–H groups in total. The van der Waals surface area contributed by atoms with Crippen LogP contribution in [0.4, 0.5) is 0 Å². The van der Waals surface area contributed by atoms with Gasteiger partial charge in [0.05, 0.1) is 5.41 Å². The second-order valence-corrected chi connectivity index (χ2v) is 8.55. The van der Waals surface area contributed by atoms with Crippen LogP contribution in [0.5, 0.6) is 0 Å². The summed E-state index contributed by atoms with van der Waals surface area (Å²) in [6.45, 7) is 10.9. The molecule has 0 unspecified atom stereocenters. The van der Waals surface area contributed by atoms with Crippen molar-refractivity contribution in [1.82, 2.24) is 24.7 Å². The van der Waals surface area contributed by atoms with Gasteiger partial charge in [0.2, 0.25) is 5.91 Å². The fraction of sp³-hybridized carbons (Fsp3) is 0.762. The van der Waals surface area contributed by atoms with E-state index in [1.165, 1.54) is 0 Å². The van der Waals surface area contributed by atoms with E-state index in [1.54, 1.807) is 4.57 Å². The normalized spacial score (nSPS) is 26.1. The molecule has 0 spiro atoms. The first-order chi connectivity index (χ1) is 13.4. The Balaban J connectivity index is 1.70. The first-order valence-electron chi connectivity index (χ1n) is 10.6. The number of piperidine rings is 2. The van der Waals surface area contributed by atoms with E-state index in [2.05, 4.69) is 34.1 Å². The number of nitrogens with one attached hydrogen (secondary N) is 1. The molecule has 7 nitrogen and oxygen atoms in total. The molecule has 0 aromatic carbocycles. The van der Waals surface area contributed by atoms with Crippen LogP contribution in [0.15, 0.2) is 10.9 Å². The zero-order chi connectivity index (χ0) is 20.3. The van der Waals surface area contributed by atoms with Crippen LogP contribution in [0.3, 0.4) is 0 Å². The predicted molar refractivity (Wildman–Crippen MR) is 110 cm³/mol. The highest BCUT2D eigenvalue weighted by Crippen LogP contribution is 2.42. The molecule has 0 aliphatic carbocycles. The van der Waals surface area contributed by atoms with Gasteiger partial charge in [0.1, 0.15) is 0 Å². The van der Waals surface area contributed by atoms with E-state index in [4.69, 9.17) is 0 Å². The minimum Gasteiger partial charge on any atom is -0.354 e. The van der Waals surface area contributed by atoms with Gasteiger partial charge in [-0.15, -0.1) is 0 Å². The van der Waals surface area contributed by atoms with Gasteiger partial charge in [-0.3, -0.25) is 14.3 Å². The third-order valence-corrected chi connectivity index (χ3v) is 6.50. The van der Waals surface area contributed by atoms with Gasteiger partial charge in [0.15, 0.2) is 0 Å². The largest absolute Gasteiger partial charge is 0.354 e. The van der Waals surface area contributed by atoms with Gasteiger partial charge in [-0.2, -0.15) is 4.98 Å². The molecule has 2 saturated heterocycles. The summed E-state index contributed by atoms with van der Waals surface area (Å²) in [5, 5.41) is 3.17. The van der Waals surface area contributed by atoms with Gasteiger partial charge in [-0.05, 0) is 72.3 Å². The number of nitrogens with zero attached hydrogens (tertiary/aromatic N) is 4. The Morgan fingerprint density at radius 1 is 1.29 bits per heavy atom. The Bertz CT molecular complexity index is 760. The summed E-state index contributed by atoms with van der Waals surface area (Å²) < 4.78 is 1.64. The van der Waals surface area contributed by atoms with Crippen LogP contribution in [0, 0.1) is 19.3 Å². The van der Waals surface area contributed by atoms with E-state index in [0.29, 0.717) is 13.1 Å². The van der Waals surface area contributed by atoms with Gasteiger partial charge < -0.3 is 10.2 Å². The molecule has 2 atom stereocenters. The van der Waals surface area contributed by atoms with E-state index in [-0.39, 0.29) is 23.1 Å². The Hall–Kier alpha value is -1.73. The standard InChI is InChI=1S/C21H35N5O2/c1-5-10-25-11-6-7-21(8-12-24(4)15-18(21)25)19(27)22-9-13-26-17(3)14-16(2)23-20(26)28/h14,18H,5-13,15H2,1-4H3,(H,22,27)/t18-,21+/m0/s1. The lowest BCUT2D eigenvalue weighted by molar-refractivity contribution is -0.144. The minimum absolute atomic E-state index is 0.164. The van der Waals surface area contributed by atoms with E-state index in [9.17, 15) is 9.59 Å². The first-order valence-corrected chi connectivity index (χ1v) is 10.6. The van der Waals surface area contributed by atoms with Crippen molar-refractivity contribution in [3.05, 3.63) is 27.9 Å². The molecule has 2 aliphatic heterocycles. The molecule has 3 rings (SSSR count). The summed E-state index contributed by atoms with van der Waals surface area (Å²) in [7, 11) is 2.15. The molecule has 2 aliphatic rings. The molecular weight excluding hydrogens is 354 g/mol. The van der Waals surface area contributed by atoms with Crippen molar-refractivity contribution in [2.24, 2.45) is 5.41 Å². The van der Waals surface area contributed by atoms with Gasteiger partial charge in [-0.1, -0.05) is 6.92 Å². The maximum absolute atomic E-state index is 13.4. The average Bonchev–Trinajstić information content (AvgIpc) is 2.64. The molecule has 1 aromatic heterocycles. The number of carbonyl (C=O) groups excluding carboxylic acids is 1. The van der Waals surface area contributed by atoms with Crippen LogP contribution in [-0.2, 0) is 11.3 Å². The number of carbonyl (C=O) groups is 1. The molecule has 2 fully saturated rings. The molecule has 28 heavy (non-hydrogen) atoms. The number of amides is 1. The maximum atomic E-state index is 13.4. The Labute approximate surface area is 168 Å². The van der Waals surface area contributed by atoms with Crippen LogP contribution < -0.4 is 11.0 Å². The third kappa shape index (κ3) is 4.15. The van der Waals surface area contributed by atoms with E-state index >= 15 is 0 Å². The van der Waals surface area contributed by atoms with Gasteiger partial charge in [0, 0.05) is 37.1 Å². The van der Waals surface area contributed by atoms with Crippen LogP contribution >= 0.6 is 0 Å². The smallest absolute Gasteiger partial charge is 0.348 e. The zero-order valence-electron chi connectivity index (χ0n) is 17.8. The number of aryl methyl sites for hydroxylation is 2. The highest BCUT2D eigenvalue weighted by Gasteiger charge is 2.51. The number of rotatable bonds is 6. The van der Waals surface area contributed by atoms with Gasteiger partial charge >= 0.3 is 5.69 Å². The fourth-order valence-electron chi connectivity index (χ4n) is 5.07. The second kappa shape index (κ2) is 8.74. The number of aromatic nitrogens is 2. The quantitative estimate of drug-likeness (QED) is 0.791. The lowest BCUT2D eigenvalue weighted by Crippen LogP contribution is -2.65. The molecule has 0 saturated carbocycles. The Morgan fingerprint density at radius 2 is 2.07 bits per heavy atom. The minimum atomic E-state index is -0.300. The highest BCUT2D eigenvalue weighted by atomic mass is 16.2. The van der Waals surface area contributed by atoms with Crippen LogP contribution in [0.2, 0.25) is 0 Å². The molecule has 3 heterocycles. The maximum Gasteiger partial charge on any atom is 0.348 e. The van der Waals surface area contributed by atoms with Crippen molar-refractivity contribution in [1.29, 1.82) is 0 Å². The lowest BCUT2D eigenvalue weighted by Gasteiger charge is -2.53. The summed E-state index contributed by atoms with van der Waals surface area (Å²) in [4.78, 5) is 34.4. The summed E-state index contributed by atoms with van der Waals surface area (Å²) in [6, 6.07) is 2.18. The van der Waals surface area contributed by atoms with Crippen molar-refractivity contribution >= 4 is 5.91 Å². The monoisotopic (exact) mass is 389 g/mol. The Morgan fingerprint density at radius 3 is 2.79 bits per heavy atom. The molecule has 7 heteroatoms. The molecule has 0 bridgehead atoms. The van der Waals surface area contributed by atoms with Crippen molar-refractivity contribution in [3.63, 3.8) is 0 Å². The summed E-state index contributed by atoms with van der Waals surface area (Å²) in [5.41, 5.74) is 1.07. The number of likely N-dealkylation sites (tertiary alicyclic amines) is 2. The number of hydrogen-bond donors (Lipinski definition) is 1.